The van der Waals surface area contributed by atoms with Gasteiger partial charge in [0, 0.05) is 39.0 Å². The van der Waals surface area contributed by atoms with Crippen LogP contribution in [-0.2, 0) is 14.3 Å². The Labute approximate surface area is 208 Å². The second-order valence-electron chi connectivity index (χ2n) is 8.64. The molecular formula is C24H30N4O4S2. The first-order chi connectivity index (χ1) is 16.3. The van der Waals surface area contributed by atoms with Crippen molar-refractivity contribution in [3.63, 3.8) is 0 Å². The normalized spacial score (nSPS) is 22.4. The van der Waals surface area contributed by atoms with Crippen LogP contribution in [0.5, 0.6) is 0 Å². The topological polar surface area (TPSA) is 76.4 Å². The summed E-state index contributed by atoms with van der Waals surface area (Å²) in [4.78, 5) is 35.7. The number of thiocarbonyl (C=S) groups is 1. The number of aromatic nitrogens is 2. The largest absolute Gasteiger partial charge is 0.382 e. The van der Waals surface area contributed by atoms with Gasteiger partial charge < -0.3 is 14.4 Å². The number of amides is 1. The molecule has 2 aliphatic heterocycles. The van der Waals surface area contributed by atoms with Crippen LogP contribution >= 0.6 is 24.0 Å². The molecule has 2 fully saturated rings. The van der Waals surface area contributed by atoms with E-state index in [1.807, 2.05) is 39.8 Å². The van der Waals surface area contributed by atoms with Crippen molar-refractivity contribution in [3.05, 3.63) is 44.7 Å². The molecule has 2 saturated heterocycles. The lowest BCUT2D eigenvalue weighted by Gasteiger charge is -2.36. The van der Waals surface area contributed by atoms with Crippen LogP contribution in [0, 0.1) is 6.92 Å². The molecule has 0 saturated carbocycles. The summed E-state index contributed by atoms with van der Waals surface area (Å²) >= 11 is 6.69. The third kappa shape index (κ3) is 5.19. The van der Waals surface area contributed by atoms with Crippen molar-refractivity contribution in [2.75, 3.05) is 37.7 Å². The number of carbonyl (C=O) groups is 1. The van der Waals surface area contributed by atoms with Crippen molar-refractivity contribution in [1.29, 1.82) is 0 Å². The highest BCUT2D eigenvalue weighted by Crippen LogP contribution is 2.34. The molecule has 0 aliphatic carbocycles. The second kappa shape index (κ2) is 10.6. The van der Waals surface area contributed by atoms with Gasteiger partial charge in [-0.05, 0) is 51.8 Å². The van der Waals surface area contributed by atoms with E-state index in [1.54, 1.807) is 21.6 Å². The van der Waals surface area contributed by atoms with Crippen LogP contribution < -0.4 is 10.5 Å². The number of morpholine rings is 1. The number of hydrogen-bond donors (Lipinski definition) is 0. The number of pyridine rings is 1. The molecule has 0 bridgehead atoms. The lowest BCUT2D eigenvalue weighted by atomic mass is 10.1. The quantitative estimate of drug-likeness (QED) is 0.325. The molecule has 8 nitrogen and oxygen atoms in total. The number of rotatable bonds is 7. The fraction of sp³-hybridized carbons (Fsp3) is 0.500. The third-order valence-corrected chi connectivity index (χ3v) is 7.11. The molecule has 2 aromatic rings. The zero-order valence-corrected chi connectivity index (χ0v) is 21.6. The highest BCUT2D eigenvalue weighted by molar-refractivity contribution is 8.26. The van der Waals surface area contributed by atoms with Gasteiger partial charge in [0.25, 0.3) is 11.5 Å². The average Bonchev–Trinajstić information content (AvgIpc) is 3.05. The predicted octanol–water partition coefficient (Wildman–Crippen LogP) is 3.24. The van der Waals surface area contributed by atoms with Gasteiger partial charge in [0.1, 0.15) is 15.8 Å². The van der Waals surface area contributed by atoms with Crippen molar-refractivity contribution in [3.8, 4) is 0 Å². The predicted molar refractivity (Wildman–Crippen MR) is 139 cm³/mol. The standard InChI is InChI=1S/C24H30N4O4S2/c1-5-31-10-6-9-27-23(30)19(34-24(27)33)11-18-21(26-13-16(3)32-17(4)14-26)25-20-8-7-15(2)12-28(20)22(18)29/h7-8,11-12,16-17H,5-6,9-10,13-14H2,1-4H3/b19-11-/t16-,17-/m1/s1. The summed E-state index contributed by atoms with van der Waals surface area (Å²) in [5.74, 6) is 0.382. The Kier molecular flexibility index (Phi) is 7.71. The van der Waals surface area contributed by atoms with Gasteiger partial charge in [0.15, 0.2) is 0 Å². The minimum Gasteiger partial charge on any atom is -0.382 e. The first kappa shape index (κ1) is 24.8. The zero-order chi connectivity index (χ0) is 24.4. The molecule has 0 N–H and O–H groups in total. The Hall–Kier alpha value is -2.27. The molecule has 10 heteroatoms. The molecule has 0 spiro atoms. The number of nitrogens with zero attached hydrogens (tertiary/aromatic N) is 4. The van der Waals surface area contributed by atoms with Gasteiger partial charge in [-0.15, -0.1) is 0 Å². The monoisotopic (exact) mass is 502 g/mol. The Balaban J connectivity index is 1.75. The van der Waals surface area contributed by atoms with Crippen LogP contribution in [0.2, 0.25) is 0 Å². The summed E-state index contributed by atoms with van der Waals surface area (Å²) in [6, 6.07) is 3.78. The summed E-state index contributed by atoms with van der Waals surface area (Å²) in [5.41, 5.74) is 1.69. The summed E-state index contributed by atoms with van der Waals surface area (Å²) in [5, 5.41) is 0. The number of ether oxygens (including phenoxy) is 2. The minimum atomic E-state index is -0.211. The van der Waals surface area contributed by atoms with E-state index >= 15 is 0 Å². The first-order valence-electron chi connectivity index (χ1n) is 11.5. The van der Waals surface area contributed by atoms with E-state index in [2.05, 4.69) is 4.90 Å². The Morgan fingerprint density at radius 2 is 2.00 bits per heavy atom. The molecule has 2 atom stereocenters. The van der Waals surface area contributed by atoms with Crippen LogP contribution in [0.4, 0.5) is 5.82 Å². The van der Waals surface area contributed by atoms with E-state index in [-0.39, 0.29) is 23.7 Å². The maximum atomic E-state index is 13.6. The van der Waals surface area contributed by atoms with Crippen LogP contribution in [-0.4, -0.2) is 69.6 Å². The smallest absolute Gasteiger partial charge is 0.267 e. The maximum absolute atomic E-state index is 13.6. The summed E-state index contributed by atoms with van der Waals surface area (Å²) in [7, 11) is 0. The number of carbonyl (C=O) groups excluding carboxylic acids is 1. The van der Waals surface area contributed by atoms with Crippen molar-refractivity contribution in [2.24, 2.45) is 0 Å². The Morgan fingerprint density at radius 3 is 2.71 bits per heavy atom. The number of thioether (sulfide) groups is 1. The number of fused-ring (bicyclic) bond motifs is 1. The fourth-order valence-electron chi connectivity index (χ4n) is 4.26. The van der Waals surface area contributed by atoms with Crippen molar-refractivity contribution < 1.29 is 14.3 Å². The van der Waals surface area contributed by atoms with Gasteiger partial charge in [0.2, 0.25) is 0 Å². The van der Waals surface area contributed by atoms with Crippen LogP contribution in [0.25, 0.3) is 11.7 Å². The van der Waals surface area contributed by atoms with Gasteiger partial charge >= 0.3 is 0 Å². The molecule has 182 valence electrons. The minimum absolute atomic E-state index is 0.00146. The van der Waals surface area contributed by atoms with E-state index in [9.17, 15) is 9.59 Å². The average molecular weight is 503 g/mol. The van der Waals surface area contributed by atoms with Crippen LogP contribution in [0.3, 0.4) is 0 Å². The SMILES string of the molecule is CCOCCCN1C(=O)/C(=C/c2c(N3C[C@@H](C)O[C@H](C)C3)nc3ccc(C)cn3c2=O)SC1=S. The van der Waals surface area contributed by atoms with E-state index in [0.29, 0.717) is 65.5 Å². The summed E-state index contributed by atoms with van der Waals surface area (Å²) < 4.78 is 13.3. The van der Waals surface area contributed by atoms with Gasteiger partial charge in [0.05, 0.1) is 22.7 Å². The van der Waals surface area contributed by atoms with E-state index in [4.69, 9.17) is 26.7 Å². The van der Waals surface area contributed by atoms with Gasteiger partial charge in [-0.1, -0.05) is 30.0 Å². The Bertz CT molecular complexity index is 1190. The molecule has 34 heavy (non-hydrogen) atoms. The molecule has 0 unspecified atom stereocenters. The van der Waals surface area contributed by atoms with Crippen molar-refractivity contribution in [2.45, 2.75) is 46.3 Å². The zero-order valence-electron chi connectivity index (χ0n) is 19.9. The van der Waals surface area contributed by atoms with Crippen molar-refractivity contribution in [1.82, 2.24) is 14.3 Å². The van der Waals surface area contributed by atoms with Crippen molar-refractivity contribution >= 4 is 51.7 Å². The molecule has 2 aromatic heterocycles. The Morgan fingerprint density at radius 1 is 1.26 bits per heavy atom. The number of anilines is 1. The molecule has 4 heterocycles. The summed E-state index contributed by atoms with van der Waals surface area (Å²) in [6.07, 6.45) is 4.13. The maximum Gasteiger partial charge on any atom is 0.267 e. The van der Waals surface area contributed by atoms with Gasteiger partial charge in [-0.2, -0.15) is 0 Å². The number of aryl methyl sites for hydroxylation is 1. The molecule has 1 amide bonds. The highest BCUT2D eigenvalue weighted by Gasteiger charge is 2.33. The molecule has 4 rings (SSSR count). The number of hydrogen-bond acceptors (Lipinski definition) is 8. The van der Waals surface area contributed by atoms with Crippen LogP contribution in [0.1, 0.15) is 38.3 Å². The van der Waals surface area contributed by atoms with Gasteiger partial charge in [-0.25, -0.2) is 4.98 Å². The lowest BCUT2D eigenvalue weighted by Crippen LogP contribution is -2.46. The van der Waals surface area contributed by atoms with Crippen LogP contribution in [0.15, 0.2) is 28.0 Å². The van der Waals surface area contributed by atoms with Gasteiger partial charge in [-0.3, -0.25) is 18.9 Å². The van der Waals surface area contributed by atoms with E-state index < -0.39 is 0 Å². The molecule has 0 aromatic carbocycles. The summed E-state index contributed by atoms with van der Waals surface area (Å²) in [6.45, 7) is 10.8. The first-order valence-corrected chi connectivity index (χ1v) is 12.8. The fourth-order valence-corrected chi connectivity index (χ4v) is 5.55. The second-order valence-corrected chi connectivity index (χ2v) is 10.3. The molecular weight excluding hydrogens is 472 g/mol. The van der Waals surface area contributed by atoms with E-state index in [1.165, 1.54) is 11.8 Å². The highest BCUT2D eigenvalue weighted by atomic mass is 32.2. The third-order valence-electron chi connectivity index (χ3n) is 5.73. The molecule has 2 aliphatic rings. The lowest BCUT2D eigenvalue weighted by molar-refractivity contribution is -0.122. The molecule has 0 radical (unpaired) electrons. The van der Waals surface area contributed by atoms with E-state index in [0.717, 1.165) is 5.56 Å².